The molecule has 3 aromatic carbocycles. The second kappa shape index (κ2) is 9.50. The second-order valence-corrected chi connectivity index (χ2v) is 11.0. The fraction of sp³-hybridized carbons (Fsp3) is 0.100. The van der Waals surface area contributed by atoms with Gasteiger partial charge in [0.05, 0.1) is 14.2 Å². The lowest BCUT2D eigenvalue weighted by atomic mass is 10.3. The maximum Gasteiger partial charge on any atom is 0.339 e. The van der Waals surface area contributed by atoms with Crippen molar-refractivity contribution >= 4 is 30.4 Å². The number of ether oxygens (including phenoxy) is 2. The van der Waals surface area contributed by atoms with Gasteiger partial charge in [-0.05, 0) is 60.7 Å². The van der Waals surface area contributed by atoms with Crippen LogP contribution < -0.4 is 17.8 Å². The predicted molar refractivity (Wildman–Crippen MR) is 118 cm³/mol. The first-order valence-electron chi connectivity index (χ1n) is 9.14. The molecule has 34 heavy (non-hydrogen) atoms. The third kappa shape index (κ3) is 5.77. The van der Waals surface area contributed by atoms with E-state index in [0.717, 1.165) is 12.1 Å². The van der Waals surface area contributed by atoms with Crippen molar-refractivity contribution in [2.75, 3.05) is 14.2 Å². The van der Waals surface area contributed by atoms with Crippen LogP contribution in [-0.4, -0.2) is 44.0 Å². The van der Waals surface area contributed by atoms with Crippen LogP contribution >= 0.6 is 0 Å². The molecule has 0 saturated carbocycles. The van der Waals surface area contributed by atoms with Crippen LogP contribution in [0.5, 0.6) is 23.0 Å². The van der Waals surface area contributed by atoms with Gasteiger partial charge < -0.3 is 17.8 Å². The number of hydrogen-bond donors (Lipinski definition) is 1. The molecule has 3 aromatic rings. The minimum Gasteiger partial charge on any atom is -0.497 e. The molecule has 0 aliphatic carbocycles. The Hall–Kier alpha value is -3.33. The molecule has 0 heterocycles. The van der Waals surface area contributed by atoms with E-state index in [4.69, 9.17) is 17.8 Å². The number of benzene rings is 3. The van der Waals surface area contributed by atoms with Crippen molar-refractivity contribution in [3.8, 4) is 23.0 Å². The van der Waals surface area contributed by atoms with Crippen LogP contribution in [0.15, 0.2) is 81.4 Å². The van der Waals surface area contributed by atoms with Crippen molar-refractivity contribution in [2.24, 2.45) is 0 Å². The topological polar surface area (TPSA) is 160 Å². The lowest BCUT2D eigenvalue weighted by molar-refractivity contribution is 0.414. The molecule has 1 N–H and O–H groups in total. The summed E-state index contributed by atoms with van der Waals surface area (Å²) in [6, 6.07) is 12.6. The first-order chi connectivity index (χ1) is 15.9. The largest absolute Gasteiger partial charge is 0.497 e. The summed E-state index contributed by atoms with van der Waals surface area (Å²) >= 11 is 0. The lowest BCUT2D eigenvalue weighted by Gasteiger charge is -2.13. The summed E-state index contributed by atoms with van der Waals surface area (Å²) in [5.74, 6) is -0.519. The molecule has 182 valence electrons. The van der Waals surface area contributed by atoms with Gasteiger partial charge in [-0.25, -0.2) is 0 Å². The van der Waals surface area contributed by atoms with Crippen LogP contribution in [0, 0.1) is 0 Å². The highest BCUT2D eigenvalue weighted by Gasteiger charge is 2.26. The molecule has 14 heteroatoms. The highest BCUT2D eigenvalue weighted by Crippen LogP contribution is 2.32. The molecule has 0 fully saturated rings. The normalized spacial score (nSPS) is 12.1. The van der Waals surface area contributed by atoms with Gasteiger partial charge in [0.1, 0.15) is 31.9 Å². The molecular weight excluding hydrogens is 512 g/mol. The summed E-state index contributed by atoms with van der Waals surface area (Å²) < 4.78 is 103. The van der Waals surface area contributed by atoms with Crippen molar-refractivity contribution < 1.29 is 47.6 Å². The Morgan fingerprint density at radius 2 is 1.00 bits per heavy atom. The molecule has 3 rings (SSSR count). The average molecular weight is 531 g/mol. The highest BCUT2D eigenvalue weighted by atomic mass is 32.2. The molecule has 0 spiro atoms. The van der Waals surface area contributed by atoms with E-state index < -0.39 is 46.7 Å². The maximum atomic E-state index is 12.6. The van der Waals surface area contributed by atoms with E-state index in [9.17, 15) is 29.8 Å². The zero-order chi connectivity index (χ0) is 25.1. The number of hydrogen-bond acceptors (Lipinski definition) is 10. The molecule has 0 aliphatic rings. The van der Waals surface area contributed by atoms with Gasteiger partial charge in [-0.1, -0.05) is 0 Å². The van der Waals surface area contributed by atoms with Crippen LogP contribution in [-0.2, 0) is 30.4 Å². The van der Waals surface area contributed by atoms with Crippen molar-refractivity contribution in [1.82, 2.24) is 0 Å². The van der Waals surface area contributed by atoms with Gasteiger partial charge in [0.25, 0.3) is 10.1 Å². The fourth-order valence-corrected chi connectivity index (χ4v) is 5.19. The first kappa shape index (κ1) is 25.3. The van der Waals surface area contributed by atoms with E-state index in [0.29, 0.717) is 17.6 Å². The minimum atomic E-state index is -5.05. The molecule has 0 saturated heterocycles. The third-order valence-corrected chi connectivity index (χ3v) is 7.68. The zero-order valence-electron chi connectivity index (χ0n) is 17.6. The first-order valence-corrected chi connectivity index (χ1v) is 13.4. The van der Waals surface area contributed by atoms with Crippen LogP contribution in [0.2, 0.25) is 0 Å². The number of rotatable bonds is 9. The van der Waals surface area contributed by atoms with Crippen LogP contribution in [0.25, 0.3) is 0 Å². The summed E-state index contributed by atoms with van der Waals surface area (Å²) in [5.41, 5.74) is 0. The summed E-state index contributed by atoms with van der Waals surface area (Å²) in [6.07, 6.45) is 0. The Labute approximate surface area is 196 Å². The molecule has 0 unspecified atom stereocenters. The Morgan fingerprint density at radius 1 is 0.588 bits per heavy atom. The van der Waals surface area contributed by atoms with Gasteiger partial charge in [-0.3, -0.25) is 4.55 Å². The summed E-state index contributed by atoms with van der Waals surface area (Å²) in [4.78, 5) is -1.60. The highest BCUT2D eigenvalue weighted by molar-refractivity contribution is 7.87. The molecule has 0 aliphatic heterocycles. The number of methoxy groups -OCH3 is 2. The molecule has 0 aromatic heterocycles. The van der Waals surface area contributed by atoms with E-state index in [-0.39, 0.29) is 9.79 Å². The molecule has 0 atom stereocenters. The lowest BCUT2D eigenvalue weighted by Crippen LogP contribution is -2.13. The molecular formula is C20H18O11S3. The van der Waals surface area contributed by atoms with Crippen molar-refractivity contribution in [3.63, 3.8) is 0 Å². The monoisotopic (exact) mass is 530 g/mol. The SMILES string of the molecule is COc1ccc(S(=O)(=O)Oc2ccc(OS(=O)(=O)c3ccc(OC)cc3)c(S(=O)(=O)O)c2)cc1. The summed E-state index contributed by atoms with van der Waals surface area (Å²) in [7, 11) is -11.2. The standard InChI is InChI=1S/C20H18O11S3/c1-28-14-3-8-17(9-4-14)33(24,25)30-16-7-12-19(20(13-16)32(21,22)23)31-34(26,27)18-10-5-15(29-2)6-11-18/h3-13H,1-2H3,(H,21,22,23). The smallest absolute Gasteiger partial charge is 0.339 e. The van der Waals surface area contributed by atoms with E-state index in [1.807, 2.05) is 0 Å². The quantitative estimate of drug-likeness (QED) is 0.320. The predicted octanol–water partition coefficient (Wildman–Crippen LogP) is 2.49. The van der Waals surface area contributed by atoms with Gasteiger partial charge in [-0.15, -0.1) is 0 Å². The Kier molecular flexibility index (Phi) is 7.07. The van der Waals surface area contributed by atoms with E-state index in [1.54, 1.807) is 0 Å². The van der Waals surface area contributed by atoms with Crippen LogP contribution in [0.1, 0.15) is 0 Å². The van der Waals surface area contributed by atoms with Gasteiger partial charge in [0, 0.05) is 6.07 Å². The second-order valence-electron chi connectivity index (χ2n) is 6.51. The van der Waals surface area contributed by atoms with E-state index >= 15 is 0 Å². The van der Waals surface area contributed by atoms with Gasteiger partial charge in [0.2, 0.25) is 0 Å². The summed E-state index contributed by atoms with van der Waals surface area (Å²) in [5, 5.41) is 0. The summed E-state index contributed by atoms with van der Waals surface area (Å²) in [6.45, 7) is 0. The minimum absolute atomic E-state index is 0.260. The van der Waals surface area contributed by atoms with Gasteiger partial charge in [-0.2, -0.15) is 25.3 Å². The molecule has 0 amide bonds. The van der Waals surface area contributed by atoms with E-state index in [1.165, 1.54) is 62.8 Å². The maximum absolute atomic E-state index is 12.6. The van der Waals surface area contributed by atoms with Gasteiger partial charge >= 0.3 is 20.2 Å². The fourth-order valence-electron chi connectivity index (χ4n) is 2.64. The zero-order valence-corrected chi connectivity index (χ0v) is 20.1. The Balaban J connectivity index is 1.95. The van der Waals surface area contributed by atoms with E-state index in [2.05, 4.69) is 0 Å². The van der Waals surface area contributed by atoms with Crippen LogP contribution in [0.3, 0.4) is 0 Å². The Morgan fingerprint density at radius 3 is 1.41 bits per heavy atom. The van der Waals surface area contributed by atoms with Crippen LogP contribution in [0.4, 0.5) is 0 Å². The van der Waals surface area contributed by atoms with Crippen molar-refractivity contribution in [1.29, 1.82) is 0 Å². The van der Waals surface area contributed by atoms with Crippen molar-refractivity contribution in [2.45, 2.75) is 14.7 Å². The Bertz CT molecular complexity index is 1490. The molecule has 0 bridgehead atoms. The molecule has 11 nitrogen and oxygen atoms in total. The third-order valence-electron chi connectivity index (χ3n) is 4.29. The molecule has 0 radical (unpaired) electrons. The average Bonchev–Trinajstić information content (AvgIpc) is 2.79. The van der Waals surface area contributed by atoms with Crippen molar-refractivity contribution in [3.05, 3.63) is 66.7 Å². The van der Waals surface area contributed by atoms with Gasteiger partial charge in [0.15, 0.2) is 5.75 Å².